The molecule has 1 N–H and O–H groups in total. The molecule has 0 aliphatic carbocycles. The molecule has 0 aliphatic rings. The fourth-order valence-corrected chi connectivity index (χ4v) is 1.86. The van der Waals surface area contributed by atoms with Gasteiger partial charge in [-0.25, -0.2) is 0 Å². The van der Waals surface area contributed by atoms with Gasteiger partial charge in [-0.05, 0) is 12.0 Å². The van der Waals surface area contributed by atoms with Crippen LogP contribution in [0, 0.1) is 5.41 Å². The standard InChI is InChI=1S/C16H20ClNO3/c1-16(2,3)15(21)18-13(14(20)12(17)10-19)9-11-7-5-4-6-8-11/h4-8,10,12-13H,9H2,1-3H3,(H,18,21)/t12?,13-/m0/s1. The van der Waals surface area contributed by atoms with E-state index in [0.717, 1.165) is 5.56 Å². The van der Waals surface area contributed by atoms with Crippen LogP contribution in [0.1, 0.15) is 26.3 Å². The zero-order chi connectivity index (χ0) is 16.0. The van der Waals surface area contributed by atoms with Crippen LogP contribution in [0.15, 0.2) is 30.3 Å². The van der Waals surface area contributed by atoms with Crippen LogP contribution in [0.2, 0.25) is 0 Å². The third-order valence-electron chi connectivity index (χ3n) is 3.00. The molecule has 0 radical (unpaired) electrons. The molecule has 21 heavy (non-hydrogen) atoms. The number of rotatable bonds is 6. The Balaban J connectivity index is 2.92. The van der Waals surface area contributed by atoms with Gasteiger partial charge in [-0.15, -0.1) is 11.6 Å². The van der Waals surface area contributed by atoms with Crippen molar-refractivity contribution in [3.05, 3.63) is 35.9 Å². The normalized spacial score (nSPS) is 14.1. The van der Waals surface area contributed by atoms with Crippen LogP contribution in [-0.4, -0.2) is 29.4 Å². The van der Waals surface area contributed by atoms with Crippen molar-refractivity contribution in [1.29, 1.82) is 0 Å². The lowest BCUT2D eigenvalue weighted by atomic mass is 9.93. The smallest absolute Gasteiger partial charge is 0.225 e. The number of alkyl halides is 1. The summed E-state index contributed by atoms with van der Waals surface area (Å²) in [6.45, 7) is 5.26. The van der Waals surface area contributed by atoms with Gasteiger partial charge in [0.15, 0.2) is 5.78 Å². The fraction of sp³-hybridized carbons (Fsp3) is 0.438. The summed E-state index contributed by atoms with van der Waals surface area (Å²) < 4.78 is 0. The second-order valence-corrected chi connectivity index (χ2v) is 6.38. The predicted octanol–water partition coefficient (Wildman–Crippen LogP) is 2.14. The van der Waals surface area contributed by atoms with E-state index >= 15 is 0 Å². The number of Topliss-reactive ketones (excluding diaryl/α,β-unsaturated/α-hetero) is 1. The maximum Gasteiger partial charge on any atom is 0.225 e. The highest BCUT2D eigenvalue weighted by Gasteiger charge is 2.30. The molecule has 0 saturated carbocycles. The van der Waals surface area contributed by atoms with Crippen LogP contribution in [0.5, 0.6) is 0 Å². The molecule has 0 saturated heterocycles. The van der Waals surface area contributed by atoms with Gasteiger partial charge in [-0.3, -0.25) is 9.59 Å². The highest BCUT2D eigenvalue weighted by Crippen LogP contribution is 2.15. The average molecular weight is 310 g/mol. The Morgan fingerprint density at radius 2 is 1.81 bits per heavy atom. The number of halogens is 1. The van der Waals surface area contributed by atoms with Crippen molar-refractivity contribution < 1.29 is 14.4 Å². The number of benzene rings is 1. The van der Waals surface area contributed by atoms with Crippen LogP contribution >= 0.6 is 11.6 Å². The van der Waals surface area contributed by atoms with Crippen molar-refractivity contribution in [1.82, 2.24) is 5.32 Å². The zero-order valence-electron chi connectivity index (χ0n) is 12.4. The number of carbonyl (C=O) groups excluding carboxylic acids is 3. The van der Waals surface area contributed by atoms with Crippen LogP contribution in [-0.2, 0) is 20.8 Å². The van der Waals surface area contributed by atoms with E-state index in [1.54, 1.807) is 20.8 Å². The molecule has 114 valence electrons. The summed E-state index contributed by atoms with van der Waals surface area (Å²) in [7, 11) is 0. The number of amides is 1. The molecular weight excluding hydrogens is 290 g/mol. The summed E-state index contributed by atoms with van der Waals surface area (Å²) in [5.41, 5.74) is 0.262. The summed E-state index contributed by atoms with van der Waals surface area (Å²) in [4.78, 5) is 35.0. The number of hydrogen-bond donors (Lipinski definition) is 1. The van der Waals surface area contributed by atoms with Crippen molar-refractivity contribution in [2.24, 2.45) is 5.41 Å². The highest BCUT2D eigenvalue weighted by atomic mass is 35.5. The molecule has 1 aromatic rings. The van der Waals surface area contributed by atoms with E-state index in [-0.39, 0.29) is 5.91 Å². The molecule has 1 amide bonds. The first kappa shape index (κ1) is 17.4. The first-order valence-corrected chi connectivity index (χ1v) is 7.17. The highest BCUT2D eigenvalue weighted by molar-refractivity contribution is 6.39. The summed E-state index contributed by atoms with van der Waals surface area (Å²) in [5, 5.41) is 1.44. The molecule has 0 aliphatic heterocycles. The third kappa shape index (κ3) is 5.31. The van der Waals surface area contributed by atoms with E-state index in [4.69, 9.17) is 11.6 Å². The van der Waals surface area contributed by atoms with E-state index in [2.05, 4.69) is 5.32 Å². The molecule has 5 heteroatoms. The number of carbonyl (C=O) groups is 3. The molecule has 0 fully saturated rings. The lowest BCUT2D eigenvalue weighted by Gasteiger charge is -2.24. The van der Waals surface area contributed by atoms with Crippen molar-refractivity contribution in [3.63, 3.8) is 0 Å². The second-order valence-electron chi connectivity index (χ2n) is 5.91. The fourth-order valence-electron chi connectivity index (χ4n) is 1.71. The van der Waals surface area contributed by atoms with Crippen LogP contribution in [0.4, 0.5) is 0 Å². The van der Waals surface area contributed by atoms with Gasteiger partial charge in [-0.1, -0.05) is 51.1 Å². The molecular formula is C16H20ClNO3. The maximum atomic E-state index is 12.2. The summed E-state index contributed by atoms with van der Waals surface area (Å²) in [6.07, 6.45) is 0.684. The summed E-state index contributed by atoms with van der Waals surface area (Å²) >= 11 is 5.71. The Bertz CT molecular complexity index is 508. The van der Waals surface area contributed by atoms with Crippen molar-refractivity contribution >= 4 is 29.6 Å². The van der Waals surface area contributed by atoms with E-state index in [1.807, 2.05) is 30.3 Å². The molecule has 0 spiro atoms. The lowest BCUT2D eigenvalue weighted by Crippen LogP contribution is -2.49. The van der Waals surface area contributed by atoms with Gasteiger partial charge in [0.25, 0.3) is 0 Å². The Kier molecular flexibility index (Phi) is 6.09. The Hall–Kier alpha value is -1.68. The number of hydrogen-bond acceptors (Lipinski definition) is 3. The van der Waals surface area contributed by atoms with Gasteiger partial charge in [-0.2, -0.15) is 0 Å². The zero-order valence-corrected chi connectivity index (χ0v) is 13.2. The summed E-state index contributed by atoms with van der Waals surface area (Å²) in [6, 6.07) is 8.46. The van der Waals surface area contributed by atoms with E-state index in [1.165, 1.54) is 0 Å². The van der Waals surface area contributed by atoms with E-state index in [9.17, 15) is 14.4 Å². The van der Waals surface area contributed by atoms with E-state index in [0.29, 0.717) is 12.7 Å². The van der Waals surface area contributed by atoms with Crippen molar-refractivity contribution in [3.8, 4) is 0 Å². The SMILES string of the molecule is CC(C)(C)C(=O)N[C@@H](Cc1ccccc1)C(=O)C(Cl)C=O. The first-order chi connectivity index (χ1) is 9.75. The molecule has 1 aromatic carbocycles. The van der Waals surface area contributed by atoms with Gasteiger partial charge in [0.05, 0.1) is 6.04 Å². The predicted molar refractivity (Wildman–Crippen MR) is 82.2 cm³/mol. The molecule has 0 heterocycles. The molecule has 0 bridgehead atoms. The molecule has 1 unspecified atom stereocenters. The van der Waals surface area contributed by atoms with Gasteiger partial charge in [0.1, 0.15) is 11.7 Å². The van der Waals surface area contributed by atoms with Crippen LogP contribution in [0.3, 0.4) is 0 Å². The van der Waals surface area contributed by atoms with Crippen LogP contribution in [0.25, 0.3) is 0 Å². The quantitative estimate of drug-likeness (QED) is 0.497. The van der Waals surface area contributed by atoms with E-state index < -0.39 is 22.6 Å². The minimum absolute atomic E-state index is 0.258. The third-order valence-corrected chi connectivity index (χ3v) is 3.32. The van der Waals surface area contributed by atoms with Gasteiger partial charge in [0.2, 0.25) is 5.91 Å². The minimum Gasteiger partial charge on any atom is -0.345 e. The van der Waals surface area contributed by atoms with Gasteiger partial charge in [0, 0.05) is 5.41 Å². The molecule has 1 rings (SSSR count). The minimum atomic E-state index is -1.25. The number of nitrogens with one attached hydrogen (secondary N) is 1. The largest absolute Gasteiger partial charge is 0.345 e. The van der Waals surface area contributed by atoms with Gasteiger partial charge >= 0.3 is 0 Å². The lowest BCUT2D eigenvalue weighted by molar-refractivity contribution is -0.133. The topological polar surface area (TPSA) is 63.2 Å². The van der Waals surface area contributed by atoms with Crippen molar-refractivity contribution in [2.45, 2.75) is 38.6 Å². The Morgan fingerprint density at radius 3 is 2.29 bits per heavy atom. The molecule has 4 nitrogen and oxygen atoms in total. The Morgan fingerprint density at radius 1 is 1.24 bits per heavy atom. The first-order valence-electron chi connectivity index (χ1n) is 6.73. The van der Waals surface area contributed by atoms with Crippen LogP contribution < -0.4 is 5.32 Å². The number of ketones is 1. The maximum absolute atomic E-state index is 12.2. The average Bonchev–Trinajstić information content (AvgIpc) is 2.45. The number of aldehydes is 1. The molecule has 0 aromatic heterocycles. The summed E-state index contributed by atoms with van der Waals surface area (Å²) in [5.74, 6) is -0.750. The van der Waals surface area contributed by atoms with Gasteiger partial charge < -0.3 is 10.1 Å². The molecule has 2 atom stereocenters. The van der Waals surface area contributed by atoms with Crippen molar-refractivity contribution in [2.75, 3.05) is 0 Å². The Labute approximate surface area is 129 Å². The monoisotopic (exact) mass is 309 g/mol. The second kappa shape index (κ2) is 7.36.